The predicted molar refractivity (Wildman–Crippen MR) is 92.4 cm³/mol. The van der Waals surface area contributed by atoms with E-state index in [1.54, 1.807) is 0 Å². The van der Waals surface area contributed by atoms with Gasteiger partial charge in [0.05, 0.1) is 6.61 Å². The van der Waals surface area contributed by atoms with Crippen molar-refractivity contribution in [2.75, 3.05) is 26.2 Å². The maximum Gasteiger partial charge on any atom is 0.0597 e. The average molecular weight is 339 g/mol. The fraction of sp³-hybridized carbons (Fsp3) is 1.00. The van der Waals surface area contributed by atoms with E-state index < -0.39 is 0 Å². The normalized spacial score (nSPS) is 13.5. The van der Waals surface area contributed by atoms with Crippen molar-refractivity contribution in [1.29, 1.82) is 0 Å². The van der Waals surface area contributed by atoms with E-state index in [0.717, 1.165) is 19.6 Å². The van der Waals surface area contributed by atoms with Crippen LogP contribution in [0, 0.1) is 0 Å². The second-order valence-corrected chi connectivity index (χ2v) is 7.94. The Morgan fingerprint density at radius 1 is 1.00 bits per heavy atom. The van der Waals surface area contributed by atoms with Gasteiger partial charge in [0.15, 0.2) is 0 Å². The fourth-order valence-electron chi connectivity index (χ4n) is 1.15. The standard InChI is InChI=1S/C11H26N2OS2.2ClH/c1-10(2,15)7-12-5-9(6-14)13-8-11(3,4)16;;/h9,12-16H,5-8H2,1-4H3;2*1H. The molecular weight excluding hydrogens is 311 g/mol. The highest BCUT2D eigenvalue weighted by Crippen LogP contribution is 2.10. The molecule has 3 nitrogen and oxygen atoms in total. The Morgan fingerprint density at radius 2 is 1.44 bits per heavy atom. The Morgan fingerprint density at radius 3 is 1.78 bits per heavy atom. The minimum Gasteiger partial charge on any atom is -0.395 e. The first-order valence-electron chi connectivity index (χ1n) is 5.64. The van der Waals surface area contributed by atoms with Gasteiger partial charge in [-0.25, -0.2) is 0 Å². The Bertz CT molecular complexity index is 196. The van der Waals surface area contributed by atoms with Gasteiger partial charge < -0.3 is 15.7 Å². The first-order valence-corrected chi connectivity index (χ1v) is 6.53. The summed E-state index contributed by atoms with van der Waals surface area (Å²) in [4.78, 5) is 0. The van der Waals surface area contributed by atoms with Crippen LogP contribution in [0.4, 0.5) is 0 Å². The summed E-state index contributed by atoms with van der Waals surface area (Å²) in [5.74, 6) is 0. The molecule has 0 saturated heterocycles. The molecule has 0 aliphatic rings. The van der Waals surface area contributed by atoms with Crippen LogP contribution in [-0.4, -0.2) is 46.9 Å². The van der Waals surface area contributed by atoms with E-state index in [1.807, 2.05) is 13.8 Å². The first-order chi connectivity index (χ1) is 7.14. The minimum absolute atomic E-state index is 0. The second-order valence-electron chi connectivity index (χ2n) is 5.52. The van der Waals surface area contributed by atoms with Gasteiger partial charge in [-0.05, 0) is 27.7 Å². The summed E-state index contributed by atoms with van der Waals surface area (Å²) in [6, 6.07) is 0.0714. The Kier molecular flexibility index (Phi) is 14.6. The van der Waals surface area contributed by atoms with Gasteiger partial charge in [0.1, 0.15) is 0 Å². The van der Waals surface area contributed by atoms with Crippen molar-refractivity contribution >= 4 is 50.1 Å². The summed E-state index contributed by atoms with van der Waals surface area (Å²) >= 11 is 8.86. The largest absolute Gasteiger partial charge is 0.395 e. The summed E-state index contributed by atoms with van der Waals surface area (Å²) in [6.07, 6.45) is 0. The lowest BCUT2D eigenvalue weighted by atomic mass is 10.2. The third-order valence-electron chi connectivity index (χ3n) is 1.99. The van der Waals surface area contributed by atoms with Gasteiger partial charge in [0, 0.05) is 35.2 Å². The molecule has 0 aromatic heterocycles. The fourth-order valence-corrected chi connectivity index (χ4v) is 1.35. The quantitative estimate of drug-likeness (QED) is 0.438. The minimum atomic E-state index is -0.0593. The molecule has 0 radical (unpaired) electrons. The number of rotatable bonds is 8. The van der Waals surface area contributed by atoms with E-state index in [1.165, 1.54) is 0 Å². The van der Waals surface area contributed by atoms with Crippen molar-refractivity contribution in [2.24, 2.45) is 0 Å². The Balaban J connectivity index is -0.00000112. The number of aliphatic hydroxyl groups is 1. The molecule has 3 N–H and O–H groups in total. The van der Waals surface area contributed by atoms with Crippen molar-refractivity contribution in [2.45, 2.75) is 43.2 Å². The summed E-state index contributed by atoms with van der Waals surface area (Å²) in [5, 5.41) is 15.8. The summed E-state index contributed by atoms with van der Waals surface area (Å²) < 4.78 is -0.0843. The SMILES string of the molecule is CC(C)(S)CNCC(CO)NCC(C)(C)S.Cl.Cl. The topological polar surface area (TPSA) is 44.3 Å². The van der Waals surface area contributed by atoms with Crippen LogP contribution in [0.3, 0.4) is 0 Å². The molecule has 0 bridgehead atoms. The molecule has 0 amide bonds. The summed E-state index contributed by atoms with van der Waals surface area (Å²) in [5.41, 5.74) is 0. The lowest BCUT2D eigenvalue weighted by Crippen LogP contribution is -2.47. The zero-order valence-electron chi connectivity index (χ0n) is 11.6. The van der Waals surface area contributed by atoms with Gasteiger partial charge in [-0.1, -0.05) is 0 Å². The summed E-state index contributed by atoms with van der Waals surface area (Å²) in [6.45, 7) is 10.7. The maximum absolute atomic E-state index is 9.21. The molecule has 0 spiro atoms. The number of aliphatic hydroxyl groups excluding tert-OH is 1. The monoisotopic (exact) mass is 338 g/mol. The molecule has 0 aliphatic heterocycles. The lowest BCUT2D eigenvalue weighted by Gasteiger charge is -2.25. The van der Waals surface area contributed by atoms with Crippen LogP contribution < -0.4 is 10.6 Å². The molecule has 7 heteroatoms. The van der Waals surface area contributed by atoms with Gasteiger partial charge >= 0.3 is 0 Å². The average Bonchev–Trinajstić information content (AvgIpc) is 2.07. The van der Waals surface area contributed by atoms with Crippen molar-refractivity contribution in [3.63, 3.8) is 0 Å². The Labute approximate surface area is 135 Å². The highest BCUT2D eigenvalue weighted by atomic mass is 35.5. The van der Waals surface area contributed by atoms with Crippen LogP contribution >= 0.6 is 50.1 Å². The van der Waals surface area contributed by atoms with Crippen LogP contribution in [0.25, 0.3) is 0 Å². The zero-order valence-corrected chi connectivity index (χ0v) is 15.0. The van der Waals surface area contributed by atoms with Gasteiger partial charge in [-0.3, -0.25) is 0 Å². The van der Waals surface area contributed by atoms with Crippen LogP contribution in [0.15, 0.2) is 0 Å². The molecule has 114 valence electrons. The smallest absolute Gasteiger partial charge is 0.0597 e. The molecule has 1 atom stereocenters. The number of halogens is 2. The first kappa shape index (κ1) is 24.2. The molecule has 0 aromatic rings. The van der Waals surface area contributed by atoms with E-state index in [-0.39, 0.29) is 47.0 Å². The number of hydrogen-bond acceptors (Lipinski definition) is 5. The van der Waals surface area contributed by atoms with Crippen molar-refractivity contribution in [1.82, 2.24) is 10.6 Å². The molecule has 0 fully saturated rings. The second kappa shape index (κ2) is 10.9. The highest BCUT2D eigenvalue weighted by molar-refractivity contribution is 7.82. The van der Waals surface area contributed by atoms with Gasteiger partial charge in [-0.2, -0.15) is 25.3 Å². The molecule has 0 heterocycles. The van der Waals surface area contributed by atoms with Crippen LogP contribution in [0.5, 0.6) is 0 Å². The predicted octanol–water partition coefficient (Wildman–Crippen LogP) is 1.79. The number of thiol groups is 2. The van der Waals surface area contributed by atoms with Crippen LogP contribution in [0.2, 0.25) is 0 Å². The Hall–Kier alpha value is 1.16. The number of nitrogens with one attached hydrogen (secondary N) is 2. The highest BCUT2D eigenvalue weighted by Gasteiger charge is 2.16. The number of hydrogen-bond donors (Lipinski definition) is 5. The molecule has 0 saturated carbocycles. The van der Waals surface area contributed by atoms with Crippen molar-refractivity contribution < 1.29 is 5.11 Å². The third-order valence-corrected chi connectivity index (χ3v) is 2.31. The maximum atomic E-state index is 9.21. The van der Waals surface area contributed by atoms with Crippen molar-refractivity contribution in [3.05, 3.63) is 0 Å². The van der Waals surface area contributed by atoms with E-state index >= 15 is 0 Å². The van der Waals surface area contributed by atoms with Gasteiger partial charge in [-0.15, -0.1) is 24.8 Å². The van der Waals surface area contributed by atoms with E-state index in [9.17, 15) is 5.11 Å². The zero-order chi connectivity index (χ0) is 12.8. The van der Waals surface area contributed by atoms with Crippen molar-refractivity contribution in [3.8, 4) is 0 Å². The molecule has 1 unspecified atom stereocenters. The molecule has 0 rings (SSSR count). The van der Waals surface area contributed by atoms with Gasteiger partial charge in [0.25, 0.3) is 0 Å². The third kappa shape index (κ3) is 17.2. The molecular formula is C11H28Cl2N2OS2. The lowest BCUT2D eigenvalue weighted by molar-refractivity contribution is 0.236. The van der Waals surface area contributed by atoms with Gasteiger partial charge in [0.2, 0.25) is 0 Å². The molecule has 0 aromatic carbocycles. The van der Waals surface area contributed by atoms with Crippen LogP contribution in [-0.2, 0) is 0 Å². The van der Waals surface area contributed by atoms with E-state index in [0.29, 0.717) is 0 Å². The molecule has 0 aliphatic carbocycles. The van der Waals surface area contributed by atoms with E-state index in [2.05, 4.69) is 49.7 Å². The van der Waals surface area contributed by atoms with E-state index in [4.69, 9.17) is 0 Å². The van der Waals surface area contributed by atoms with Crippen LogP contribution in [0.1, 0.15) is 27.7 Å². The summed E-state index contributed by atoms with van der Waals surface area (Å²) in [7, 11) is 0. The molecule has 18 heavy (non-hydrogen) atoms.